The maximum atomic E-state index is 6.63. The van der Waals surface area contributed by atoms with Gasteiger partial charge < -0.3 is 0 Å². The highest BCUT2D eigenvalue weighted by atomic mass is 14.0. The van der Waals surface area contributed by atoms with E-state index in [-0.39, 0.29) is 0 Å². The zero-order chi connectivity index (χ0) is 12.6. The van der Waals surface area contributed by atoms with E-state index in [1.807, 2.05) is 0 Å². The fraction of sp³-hybridized carbons (Fsp3) is 0.765. The maximum absolute atomic E-state index is 6.63. The van der Waals surface area contributed by atoms with Crippen LogP contribution < -0.4 is 0 Å². The molecule has 0 rings (SSSR count). The molecule has 0 spiro atoms. The van der Waals surface area contributed by atoms with Crippen molar-refractivity contribution in [3.63, 3.8) is 0 Å². The van der Waals surface area contributed by atoms with Crippen LogP contribution in [0.5, 0.6) is 0 Å². The Kier molecular flexibility index (Phi) is 14.3. The first-order valence-electron chi connectivity index (χ1n) is 7.31. The van der Waals surface area contributed by atoms with Gasteiger partial charge in [-0.25, -0.2) is 0 Å². The van der Waals surface area contributed by atoms with E-state index in [1.54, 1.807) is 0 Å². The van der Waals surface area contributed by atoms with E-state index < -0.39 is 0 Å². The summed E-state index contributed by atoms with van der Waals surface area (Å²) in [5.41, 5.74) is 0. The zero-order valence-electron chi connectivity index (χ0n) is 11.5. The molecule has 0 atom stereocenters. The molecule has 0 nitrogen and oxygen atoms in total. The van der Waals surface area contributed by atoms with Gasteiger partial charge in [-0.2, -0.15) is 0 Å². The van der Waals surface area contributed by atoms with Crippen molar-refractivity contribution in [3.8, 4) is 17.8 Å². The van der Waals surface area contributed by atoms with Gasteiger partial charge in [0.15, 0.2) is 0 Å². The van der Waals surface area contributed by atoms with Crippen LogP contribution in [0.1, 0.15) is 84.0 Å². The van der Waals surface area contributed by atoms with Crippen molar-refractivity contribution in [2.24, 2.45) is 0 Å². The van der Waals surface area contributed by atoms with Gasteiger partial charge in [0, 0.05) is 6.42 Å². The van der Waals surface area contributed by atoms with Crippen LogP contribution in [0, 0.1) is 24.2 Å². The van der Waals surface area contributed by atoms with Crippen LogP contribution in [0.4, 0.5) is 0 Å². The van der Waals surface area contributed by atoms with E-state index in [9.17, 15) is 0 Å². The molecule has 0 N–H and O–H groups in total. The summed E-state index contributed by atoms with van der Waals surface area (Å²) in [6, 6.07) is 0. The molecule has 0 aliphatic heterocycles. The van der Waals surface area contributed by atoms with Gasteiger partial charge in [-0.3, -0.25) is 0 Å². The van der Waals surface area contributed by atoms with Crippen LogP contribution in [-0.4, -0.2) is 0 Å². The molecule has 0 bridgehead atoms. The summed E-state index contributed by atoms with van der Waals surface area (Å²) >= 11 is 0. The predicted octanol–water partition coefficient (Wildman–Crippen LogP) is 5.28. The summed E-state index contributed by atoms with van der Waals surface area (Å²) in [6.07, 6.45) is 22.7. The monoisotopic (exact) mass is 231 g/mol. The highest BCUT2D eigenvalue weighted by Gasteiger charge is 1.92. The standard InChI is InChI=1S/C17H27/c1-3-5-7-9-11-13-15-17-16-14-12-10-8-6-4-2/h3,5,7,9-17H2,1H3. The lowest BCUT2D eigenvalue weighted by atomic mass is 10.1. The van der Waals surface area contributed by atoms with E-state index in [1.165, 1.54) is 70.6 Å². The summed E-state index contributed by atoms with van der Waals surface area (Å²) in [5, 5.41) is 0. The average Bonchev–Trinajstić information content (AvgIpc) is 2.35. The van der Waals surface area contributed by atoms with Crippen LogP contribution in [0.15, 0.2) is 0 Å². The summed E-state index contributed by atoms with van der Waals surface area (Å²) < 4.78 is 0. The molecule has 0 amide bonds. The largest absolute Gasteiger partial charge is 0.0891 e. The van der Waals surface area contributed by atoms with Crippen molar-refractivity contribution in [1.82, 2.24) is 0 Å². The number of hydrogen-bond acceptors (Lipinski definition) is 0. The molecule has 0 heteroatoms. The Morgan fingerprint density at radius 1 is 0.706 bits per heavy atom. The average molecular weight is 231 g/mol. The summed E-state index contributed by atoms with van der Waals surface area (Å²) in [6.45, 7) is 2.27. The lowest BCUT2D eigenvalue weighted by Gasteiger charge is -2.01. The van der Waals surface area contributed by atoms with E-state index >= 15 is 0 Å². The van der Waals surface area contributed by atoms with E-state index in [0.29, 0.717) is 0 Å². The van der Waals surface area contributed by atoms with Gasteiger partial charge in [-0.1, -0.05) is 77.1 Å². The molecule has 17 heavy (non-hydrogen) atoms. The predicted molar refractivity (Wildman–Crippen MR) is 76.0 cm³/mol. The Labute approximate surface area is 109 Å². The highest BCUT2D eigenvalue weighted by Crippen LogP contribution is 2.11. The molecule has 0 saturated heterocycles. The SMILES string of the molecule is [C]#CC#CCCCCCCCCCCCCC. The third kappa shape index (κ3) is 15.1. The quantitative estimate of drug-likeness (QED) is 0.335. The molecule has 0 aromatic rings. The minimum Gasteiger partial charge on any atom is -0.0891 e. The Morgan fingerprint density at radius 3 is 1.65 bits per heavy atom. The molecule has 0 aromatic heterocycles. The van der Waals surface area contributed by atoms with Gasteiger partial charge >= 0.3 is 0 Å². The molecule has 95 valence electrons. The third-order valence-corrected chi connectivity index (χ3v) is 3.06. The van der Waals surface area contributed by atoms with E-state index in [0.717, 1.165) is 6.42 Å². The first kappa shape index (κ1) is 16.1. The van der Waals surface area contributed by atoms with Crippen LogP contribution >= 0.6 is 0 Å². The minimum absolute atomic E-state index is 0.933. The van der Waals surface area contributed by atoms with Crippen molar-refractivity contribution >= 4 is 0 Å². The van der Waals surface area contributed by atoms with Crippen LogP contribution in [0.25, 0.3) is 0 Å². The molecular weight excluding hydrogens is 204 g/mol. The summed E-state index contributed by atoms with van der Waals surface area (Å²) in [5.74, 6) is 7.56. The molecule has 0 aliphatic rings. The van der Waals surface area contributed by atoms with Crippen molar-refractivity contribution in [2.45, 2.75) is 84.0 Å². The summed E-state index contributed by atoms with van der Waals surface area (Å²) in [4.78, 5) is 0. The van der Waals surface area contributed by atoms with Gasteiger partial charge in [0.25, 0.3) is 0 Å². The van der Waals surface area contributed by atoms with Gasteiger partial charge in [0.2, 0.25) is 0 Å². The van der Waals surface area contributed by atoms with Gasteiger partial charge in [0.05, 0.1) is 0 Å². The molecule has 0 unspecified atom stereocenters. The fourth-order valence-corrected chi connectivity index (χ4v) is 1.98. The second kappa shape index (κ2) is 15.1. The normalized spacial score (nSPS) is 9.41. The van der Waals surface area contributed by atoms with Gasteiger partial charge in [-0.15, -0.1) is 0 Å². The highest BCUT2D eigenvalue weighted by molar-refractivity contribution is 5.18. The number of hydrogen-bond donors (Lipinski definition) is 0. The molecule has 0 saturated carbocycles. The van der Waals surface area contributed by atoms with Gasteiger partial charge in [-0.05, 0) is 24.7 Å². The molecular formula is C17H27. The molecule has 0 heterocycles. The lowest BCUT2D eigenvalue weighted by Crippen LogP contribution is -1.82. The van der Waals surface area contributed by atoms with Crippen LogP contribution in [-0.2, 0) is 0 Å². The van der Waals surface area contributed by atoms with E-state index in [4.69, 9.17) is 6.42 Å². The maximum Gasteiger partial charge on any atom is 0.00989 e. The molecule has 0 fully saturated rings. The minimum atomic E-state index is 0.933. The zero-order valence-corrected chi connectivity index (χ0v) is 11.5. The van der Waals surface area contributed by atoms with Crippen molar-refractivity contribution in [3.05, 3.63) is 6.42 Å². The first-order valence-corrected chi connectivity index (χ1v) is 7.31. The summed E-state index contributed by atoms with van der Waals surface area (Å²) in [7, 11) is 0. The smallest absolute Gasteiger partial charge is 0.00989 e. The first-order chi connectivity index (χ1) is 8.41. The Balaban J connectivity index is 2.97. The van der Waals surface area contributed by atoms with Gasteiger partial charge in [0.1, 0.15) is 0 Å². The molecule has 1 radical (unpaired) electrons. The van der Waals surface area contributed by atoms with Crippen molar-refractivity contribution in [2.75, 3.05) is 0 Å². The van der Waals surface area contributed by atoms with E-state index in [2.05, 4.69) is 24.7 Å². The van der Waals surface area contributed by atoms with Crippen LogP contribution in [0.2, 0.25) is 0 Å². The second-order valence-corrected chi connectivity index (χ2v) is 4.71. The Hall–Kier alpha value is -0.880. The third-order valence-electron chi connectivity index (χ3n) is 3.06. The lowest BCUT2D eigenvalue weighted by molar-refractivity contribution is 0.551. The second-order valence-electron chi connectivity index (χ2n) is 4.71. The number of rotatable bonds is 11. The fourth-order valence-electron chi connectivity index (χ4n) is 1.98. The molecule has 0 aliphatic carbocycles. The topological polar surface area (TPSA) is 0 Å². The number of unbranched alkanes of at least 4 members (excludes halogenated alkanes) is 11. The van der Waals surface area contributed by atoms with Crippen molar-refractivity contribution in [1.29, 1.82) is 0 Å². The van der Waals surface area contributed by atoms with Crippen LogP contribution in [0.3, 0.4) is 0 Å². The van der Waals surface area contributed by atoms with Crippen molar-refractivity contribution < 1.29 is 0 Å². The molecule has 0 aromatic carbocycles. The Bertz CT molecular complexity index is 233. The Morgan fingerprint density at radius 2 is 1.18 bits per heavy atom.